The van der Waals surface area contributed by atoms with Crippen LogP contribution < -0.4 is 16.1 Å². The maximum absolute atomic E-state index is 12.6. The molecule has 0 spiro atoms. The Labute approximate surface area is 173 Å². The predicted molar refractivity (Wildman–Crippen MR) is 113 cm³/mol. The summed E-state index contributed by atoms with van der Waals surface area (Å²) in [4.78, 5) is 14.9. The summed E-state index contributed by atoms with van der Waals surface area (Å²) in [7, 11) is 0. The van der Waals surface area contributed by atoms with Crippen molar-refractivity contribution < 1.29 is 9.42 Å². The van der Waals surface area contributed by atoms with E-state index in [4.69, 9.17) is 5.73 Å². The van der Waals surface area contributed by atoms with Crippen molar-refractivity contribution in [1.29, 1.82) is 0 Å². The van der Waals surface area contributed by atoms with E-state index in [2.05, 4.69) is 66.7 Å². The SMILES string of the molecule is CCCN(CCC)c1ccc(/C=N\NC(=O)c2c(C)nnn2-c2nonc2N)cc1. The van der Waals surface area contributed by atoms with Gasteiger partial charge in [-0.1, -0.05) is 31.2 Å². The molecule has 30 heavy (non-hydrogen) atoms. The van der Waals surface area contributed by atoms with E-state index in [0.29, 0.717) is 5.69 Å². The van der Waals surface area contributed by atoms with Crippen LogP contribution in [0.5, 0.6) is 0 Å². The number of benzene rings is 1. The topological polar surface area (TPSA) is 140 Å². The van der Waals surface area contributed by atoms with Gasteiger partial charge < -0.3 is 10.6 Å². The lowest BCUT2D eigenvalue weighted by Gasteiger charge is -2.23. The molecule has 1 amide bonds. The lowest BCUT2D eigenvalue weighted by Crippen LogP contribution is -2.24. The minimum Gasteiger partial charge on any atom is -0.378 e. The summed E-state index contributed by atoms with van der Waals surface area (Å²) in [5, 5.41) is 18.9. The zero-order valence-electron chi connectivity index (χ0n) is 17.2. The zero-order chi connectivity index (χ0) is 21.5. The van der Waals surface area contributed by atoms with Crippen molar-refractivity contribution in [1.82, 2.24) is 30.7 Å². The minimum atomic E-state index is -0.509. The van der Waals surface area contributed by atoms with Gasteiger partial charge in [-0.3, -0.25) is 4.79 Å². The fourth-order valence-electron chi connectivity index (χ4n) is 3.00. The van der Waals surface area contributed by atoms with Gasteiger partial charge in [-0.05, 0) is 47.8 Å². The number of aromatic nitrogens is 5. The molecule has 2 heterocycles. The number of hydrazone groups is 1. The van der Waals surface area contributed by atoms with Gasteiger partial charge in [-0.15, -0.1) is 5.10 Å². The molecule has 0 saturated heterocycles. The number of nitrogens with zero attached hydrogens (tertiary/aromatic N) is 7. The number of carbonyl (C=O) groups is 1. The number of hydrogen-bond donors (Lipinski definition) is 2. The first-order valence-corrected chi connectivity index (χ1v) is 9.74. The highest BCUT2D eigenvalue weighted by molar-refractivity contribution is 5.94. The number of amides is 1. The summed E-state index contributed by atoms with van der Waals surface area (Å²) in [6.45, 7) is 8.02. The van der Waals surface area contributed by atoms with Crippen molar-refractivity contribution in [3.8, 4) is 5.82 Å². The van der Waals surface area contributed by atoms with E-state index in [0.717, 1.165) is 36.2 Å². The number of aryl methyl sites for hydroxylation is 1. The average molecular weight is 411 g/mol. The van der Waals surface area contributed by atoms with Gasteiger partial charge in [0.15, 0.2) is 5.69 Å². The molecule has 0 unspecified atom stereocenters. The molecular formula is C19H25N9O2. The van der Waals surface area contributed by atoms with Gasteiger partial charge in [0.25, 0.3) is 5.91 Å². The molecule has 1 aromatic carbocycles. The largest absolute Gasteiger partial charge is 0.378 e. The molecule has 3 aromatic rings. The van der Waals surface area contributed by atoms with Crippen LogP contribution in [-0.2, 0) is 0 Å². The van der Waals surface area contributed by atoms with Crippen LogP contribution in [0, 0.1) is 6.92 Å². The van der Waals surface area contributed by atoms with Gasteiger partial charge in [0.1, 0.15) is 0 Å². The van der Waals surface area contributed by atoms with Crippen molar-refractivity contribution in [2.24, 2.45) is 5.10 Å². The Hall–Kier alpha value is -3.76. The highest BCUT2D eigenvalue weighted by atomic mass is 16.6. The third-order valence-electron chi connectivity index (χ3n) is 4.37. The number of hydrogen-bond acceptors (Lipinski definition) is 9. The lowest BCUT2D eigenvalue weighted by atomic mass is 10.2. The standard InChI is InChI=1S/C19H25N9O2/c1-4-10-27(11-5-2)15-8-6-14(7-9-15)12-21-23-19(29)16-13(3)22-26-28(16)18-17(20)24-30-25-18/h6-9,12H,4-5,10-11H2,1-3H3,(H2,20,24)(H,23,29)/b21-12-. The van der Waals surface area contributed by atoms with Crippen LogP contribution in [0.3, 0.4) is 0 Å². The van der Waals surface area contributed by atoms with E-state index < -0.39 is 5.91 Å². The molecule has 0 radical (unpaired) electrons. The van der Waals surface area contributed by atoms with Crippen molar-refractivity contribution >= 4 is 23.6 Å². The number of anilines is 2. The number of nitrogen functional groups attached to an aromatic ring is 1. The van der Waals surface area contributed by atoms with E-state index >= 15 is 0 Å². The van der Waals surface area contributed by atoms with Gasteiger partial charge in [0, 0.05) is 18.8 Å². The van der Waals surface area contributed by atoms with Gasteiger partial charge in [0.2, 0.25) is 11.6 Å². The van der Waals surface area contributed by atoms with Gasteiger partial charge in [0.05, 0.1) is 11.9 Å². The first kappa shape index (κ1) is 21.0. The van der Waals surface area contributed by atoms with Crippen LogP contribution in [0.1, 0.15) is 48.4 Å². The third kappa shape index (κ3) is 4.62. The summed E-state index contributed by atoms with van der Waals surface area (Å²) in [6.07, 6.45) is 3.76. The monoisotopic (exact) mass is 411 g/mol. The molecule has 0 saturated carbocycles. The Kier molecular flexibility index (Phi) is 6.73. The van der Waals surface area contributed by atoms with Crippen LogP contribution in [0.2, 0.25) is 0 Å². The van der Waals surface area contributed by atoms with Crippen LogP contribution in [0.25, 0.3) is 5.82 Å². The number of nitrogens with two attached hydrogens (primary N) is 1. The highest BCUT2D eigenvalue weighted by Gasteiger charge is 2.22. The van der Waals surface area contributed by atoms with Crippen molar-refractivity contribution in [3.63, 3.8) is 0 Å². The summed E-state index contributed by atoms with van der Waals surface area (Å²) >= 11 is 0. The second-order valence-electron chi connectivity index (χ2n) is 6.69. The number of nitrogens with one attached hydrogen (secondary N) is 1. The maximum atomic E-state index is 12.6. The molecule has 0 bridgehead atoms. The minimum absolute atomic E-state index is 0.00210. The van der Waals surface area contributed by atoms with Crippen LogP contribution in [-0.4, -0.2) is 50.5 Å². The summed E-state index contributed by atoms with van der Waals surface area (Å²) in [5.41, 5.74) is 10.7. The first-order chi connectivity index (χ1) is 14.5. The van der Waals surface area contributed by atoms with Crippen LogP contribution in [0.4, 0.5) is 11.5 Å². The van der Waals surface area contributed by atoms with Gasteiger partial charge >= 0.3 is 0 Å². The Morgan fingerprint density at radius 2 is 1.93 bits per heavy atom. The fourth-order valence-corrected chi connectivity index (χ4v) is 3.00. The summed E-state index contributed by atoms with van der Waals surface area (Å²) in [6, 6.07) is 8.03. The maximum Gasteiger partial charge on any atom is 0.292 e. The normalized spacial score (nSPS) is 11.2. The average Bonchev–Trinajstić information content (AvgIpc) is 3.33. The third-order valence-corrected chi connectivity index (χ3v) is 4.37. The Balaban J connectivity index is 1.68. The number of carbonyl (C=O) groups excluding carboxylic acids is 1. The molecule has 0 fully saturated rings. The first-order valence-electron chi connectivity index (χ1n) is 9.74. The molecule has 0 aliphatic carbocycles. The molecule has 158 valence electrons. The molecule has 11 nitrogen and oxygen atoms in total. The Morgan fingerprint density at radius 1 is 1.23 bits per heavy atom. The van der Waals surface area contributed by atoms with Crippen molar-refractivity contribution in [2.75, 3.05) is 23.7 Å². The Bertz CT molecular complexity index is 1000. The van der Waals surface area contributed by atoms with Gasteiger partial charge in [-0.25, -0.2) is 10.1 Å². The smallest absolute Gasteiger partial charge is 0.292 e. The van der Waals surface area contributed by atoms with E-state index in [-0.39, 0.29) is 17.3 Å². The fraction of sp³-hybridized carbons (Fsp3) is 0.368. The highest BCUT2D eigenvalue weighted by Crippen LogP contribution is 2.16. The molecular weight excluding hydrogens is 386 g/mol. The van der Waals surface area contributed by atoms with Gasteiger partial charge in [-0.2, -0.15) is 9.78 Å². The molecule has 3 rings (SSSR count). The molecule has 2 aromatic heterocycles. The van der Waals surface area contributed by atoms with E-state index in [9.17, 15) is 4.79 Å². The van der Waals surface area contributed by atoms with Crippen LogP contribution in [0.15, 0.2) is 34.0 Å². The molecule has 0 atom stereocenters. The Morgan fingerprint density at radius 3 is 2.53 bits per heavy atom. The van der Waals surface area contributed by atoms with Crippen molar-refractivity contribution in [3.05, 3.63) is 41.2 Å². The molecule has 3 N–H and O–H groups in total. The number of rotatable bonds is 9. The van der Waals surface area contributed by atoms with Crippen molar-refractivity contribution in [2.45, 2.75) is 33.6 Å². The second-order valence-corrected chi connectivity index (χ2v) is 6.69. The molecule has 0 aliphatic heterocycles. The van der Waals surface area contributed by atoms with E-state index in [1.807, 2.05) is 12.1 Å². The lowest BCUT2D eigenvalue weighted by molar-refractivity contribution is 0.0946. The zero-order valence-corrected chi connectivity index (χ0v) is 17.2. The predicted octanol–water partition coefficient (Wildman–Crippen LogP) is 1.93. The van der Waals surface area contributed by atoms with E-state index in [1.54, 1.807) is 13.1 Å². The molecule has 11 heteroatoms. The summed E-state index contributed by atoms with van der Waals surface area (Å²) < 4.78 is 5.72. The summed E-state index contributed by atoms with van der Waals surface area (Å²) in [5.74, 6) is -0.424. The van der Waals surface area contributed by atoms with E-state index in [1.165, 1.54) is 5.69 Å². The second kappa shape index (κ2) is 9.63. The van der Waals surface area contributed by atoms with Crippen LogP contribution >= 0.6 is 0 Å². The quantitative estimate of drug-likeness (QED) is 0.402. The molecule has 0 aliphatic rings.